The zero-order chi connectivity index (χ0) is 14.8. The Morgan fingerprint density at radius 2 is 2.10 bits per heavy atom. The number of H-pyrrole nitrogens is 2. The number of para-hydroxylation sites is 1. The molecule has 21 heavy (non-hydrogen) atoms. The highest BCUT2D eigenvalue weighted by Crippen LogP contribution is 2.10. The van der Waals surface area contributed by atoms with E-state index in [1.54, 1.807) is 12.3 Å². The lowest BCUT2D eigenvalue weighted by Crippen LogP contribution is -2.21. The predicted molar refractivity (Wildman–Crippen MR) is 80.2 cm³/mol. The second-order valence-corrected chi connectivity index (χ2v) is 4.85. The molecule has 0 radical (unpaired) electrons. The summed E-state index contributed by atoms with van der Waals surface area (Å²) < 4.78 is 0. The monoisotopic (exact) mass is 282 g/mol. The number of benzene rings is 1. The Morgan fingerprint density at radius 1 is 1.29 bits per heavy atom. The van der Waals surface area contributed by atoms with Gasteiger partial charge in [-0.05, 0) is 24.4 Å². The fourth-order valence-corrected chi connectivity index (χ4v) is 2.15. The molecule has 0 saturated heterocycles. The average molecular weight is 282 g/mol. The third kappa shape index (κ3) is 2.84. The van der Waals surface area contributed by atoms with E-state index >= 15 is 0 Å². The topological polar surface area (TPSA) is 90.6 Å². The number of rotatable bonds is 3. The number of nitrogens with zero attached hydrogens (tertiary/aromatic N) is 1. The Morgan fingerprint density at radius 3 is 2.86 bits per heavy atom. The lowest BCUT2D eigenvalue weighted by molar-refractivity contribution is -0.115. The highest BCUT2D eigenvalue weighted by atomic mass is 16.2. The van der Waals surface area contributed by atoms with E-state index < -0.39 is 0 Å². The van der Waals surface area contributed by atoms with Gasteiger partial charge < -0.3 is 9.97 Å². The fourth-order valence-electron chi connectivity index (χ4n) is 2.15. The van der Waals surface area contributed by atoms with E-state index in [9.17, 15) is 9.59 Å². The van der Waals surface area contributed by atoms with Crippen LogP contribution >= 0.6 is 0 Å². The van der Waals surface area contributed by atoms with E-state index in [2.05, 4.69) is 20.3 Å². The van der Waals surface area contributed by atoms with Crippen molar-refractivity contribution in [1.29, 1.82) is 0 Å². The summed E-state index contributed by atoms with van der Waals surface area (Å²) in [6.45, 7) is 1.84. The van der Waals surface area contributed by atoms with Crippen LogP contribution in [0.3, 0.4) is 0 Å². The van der Waals surface area contributed by atoms with Gasteiger partial charge in [-0.2, -0.15) is 0 Å². The molecule has 3 aromatic rings. The number of hydrogen-bond donors (Lipinski definition) is 3. The van der Waals surface area contributed by atoms with Gasteiger partial charge in [0.15, 0.2) is 0 Å². The number of carbonyl (C=O) groups excluding carboxylic acids is 1. The lowest BCUT2D eigenvalue weighted by atomic mass is 10.1. The van der Waals surface area contributed by atoms with Gasteiger partial charge in [0.25, 0.3) is 5.56 Å². The summed E-state index contributed by atoms with van der Waals surface area (Å²) in [5.74, 6) is 0.0971. The summed E-state index contributed by atoms with van der Waals surface area (Å²) in [6, 6.07) is 9.19. The maximum absolute atomic E-state index is 12.0. The van der Waals surface area contributed by atoms with E-state index in [4.69, 9.17) is 0 Å². The van der Waals surface area contributed by atoms with E-state index in [1.165, 1.54) is 0 Å². The van der Waals surface area contributed by atoms with Crippen LogP contribution in [0.2, 0.25) is 0 Å². The molecule has 0 aliphatic rings. The summed E-state index contributed by atoms with van der Waals surface area (Å²) in [5, 5.41) is 3.53. The fraction of sp³-hybridized carbons (Fsp3) is 0.133. The van der Waals surface area contributed by atoms with E-state index in [1.807, 2.05) is 31.2 Å². The van der Waals surface area contributed by atoms with Crippen molar-refractivity contribution in [1.82, 2.24) is 15.0 Å². The first-order valence-corrected chi connectivity index (χ1v) is 6.54. The number of anilines is 1. The standard InChI is InChI=1S/C15H14N4O2/c1-9-8-16-15(17-9)19-13(20)7-11-6-10-4-2-3-5-12(10)18-14(11)21/h2-6,8H,7H2,1H3,(H,18,21)(H2,16,17,19,20). The molecule has 0 fully saturated rings. The molecule has 0 aliphatic carbocycles. The molecule has 1 amide bonds. The Bertz CT molecular complexity index is 863. The summed E-state index contributed by atoms with van der Waals surface area (Å²) in [7, 11) is 0. The van der Waals surface area contributed by atoms with Crippen LogP contribution in [0.5, 0.6) is 0 Å². The third-order valence-electron chi connectivity index (χ3n) is 3.14. The summed E-state index contributed by atoms with van der Waals surface area (Å²) in [5.41, 5.74) is 1.79. The molecule has 0 spiro atoms. The zero-order valence-electron chi connectivity index (χ0n) is 11.4. The van der Waals surface area contributed by atoms with Gasteiger partial charge in [0.1, 0.15) is 0 Å². The average Bonchev–Trinajstić information content (AvgIpc) is 2.85. The second-order valence-electron chi connectivity index (χ2n) is 4.85. The molecule has 1 aromatic carbocycles. The van der Waals surface area contributed by atoms with Crippen LogP contribution in [-0.2, 0) is 11.2 Å². The summed E-state index contributed by atoms with van der Waals surface area (Å²) in [6.07, 6.45) is 1.62. The Hall–Kier alpha value is -2.89. The molecule has 106 valence electrons. The molecular formula is C15H14N4O2. The van der Waals surface area contributed by atoms with Crippen molar-refractivity contribution in [3.05, 3.63) is 58.1 Å². The molecule has 2 heterocycles. The number of pyridine rings is 1. The molecular weight excluding hydrogens is 268 g/mol. The molecule has 2 aromatic heterocycles. The molecule has 0 saturated carbocycles. The predicted octanol–water partition coefficient (Wildman–Crippen LogP) is 1.74. The van der Waals surface area contributed by atoms with Gasteiger partial charge >= 0.3 is 0 Å². The van der Waals surface area contributed by atoms with Gasteiger partial charge in [0, 0.05) is 23.0 Å². The van der Waals surface area contributed by atoms with Crippen molar-refractivity contribution < 1.29 is 4.79 Å². The number of carbonyl (C=O) groups is 1. The molecule has 3 rings (SSSR count). The van der Waals surface area contributed by atoms with E-state index in [0.29, 0.717) is 11.5 Å². The molecule has 0 atom stereocenters. The third-order valence-corrected chi connectivity index (χ3v) is 3.14. The number of aryl methyl sites for hydroxylation is 1. The van der Waals surface area contributed by atoms with Crippen molar-refractivity contribution >= 4 is 22.8 Å². The first-order valence-electron chi connectivity index (χ1n) is 6.54. The molecule has 6 heteroatoms. The maximum atomic E-state index is 12.0. The second kappa shape index (κ2) is 5.24. The minimum atomic E-state index is -0.287. The minimum Gasteiger partial charge on any atom is -0.328 e. The van der Waals surface area contributed by atoms with Gasteiger partial charge in [-0.25, -0.2) is 4.98 Å². The first-order chi connectivity index (χ1) is 10.1. The van der Waals surface area contributed by atoms with Crippen LogP contribution in [0.4, 0.5) is 5.95 Å². The Labute approximate surface area is 120 Å². The smallest absolute Gasteiger partial charge is 0.252 e. The SMILES string of the molecule is Cc1cnc(NC(=O)Cc2cc3ccccc3[nH]c2=O)[nH]1. The van der Waals surface area contributed by atoms with Crippen LogP contribution in [0.1, 0.15) is 11.3 Å². The molecule has 0 bridgehead atoms. The number of aromatic nitrogens is 3. The number of amides is 1. The van der Waals surface area contributed by atoms with E-state index in [-0.39, 0.29) is 17.9 Å². The van der Waals surface area contributed by atoms with Gasteiger partial charge in [-0.3, -0.25) is 14.9 Å². The largest absolute Gasteiger partial charge is 0.328 e. The highest BCUT2D eigenvalue weighted by molar-refractivity contribution is 5.91. The van der Waals surface area contributed by atoms with Gasteiger partial charge in [0.05, 0.1) is 6.42 Å². The Balaban J connectivity index is 1.82. The van der Waals surface area contributed by atoms with Crippen molar-refractivity contribution in [2.45, 2.75) is 13.3 Å². The number of aromatic amines is 2. The number of hydrogen-bond acceptors (Lipinski definition) is 3. The van der Waals surface area contributed by atoms with Gasteiger partial charge in [-0.15, -0.1) is 0 Å². The quantitative estimate of drug-likeness (QED) is 0.683. The number of nitrogens with one attached hydrogen (secondary N) is 3. The van der Waals surface area contributed by atoms with E-state index in [0.717, 1.165) is 16.6 Å². The van der Waals surface area contributed by atoms with Crippen LogP contribution in [0.15, 0.2) is 41.3 Å². The molecule has 0 unspecified atom stereocenters. The van der Waals surface area contributed by atoms with Crippen molar-refractivity contribution in [3.63, 3.8) is 0 Å². The number of imidazole rings is 1. The molecule has 3 N–H and O–H groups in total. The summed E-state index contributed by atoms with van der Waals surface area (Å²) in [4.78, 5) is 33.6. The maximum Gasteiger partial charge on any atom is 0.252 e. The number of fused-ring (bicyclic) bond motifs is 1. The van der Waals surface area contributed by atoms with Crippen LogP contribution in [-0.4, -0.2) is 20.9 Å². The van der Waals surface area contributed by atoms with Gasteiger partial charge in [0.2, 0.25) is 11.9 Å². The highest BCUT2D eigenvalue weighted by Gasteiger charge is 2.10. The Kier molecular flexibility index (Phi) is 3.27. The molecule has 6 nitrogen and oxygen atoms in total. The van der Waals surface area contributed by atoms with Crippen molar-refractivity contribution in [2.24, 2.45) is 0 Å². The van der Waals surface area contributed by atoms with Crippen molar-refractivity contribution in [3.8, 4) is 0 Å². The first kappa shape index (κ1) is 13.1. The minimum absolute atomic E-state index is 0.0000841. The molecule has 0 aliphatic heterocycles. The van der Waals surface area contributed by atoms with Crippen LogP contribution in [0.25, 0.3) is 10.9 Å². The lowest BCUT2D eigenvalue weighted by Gasteiger charge is -2.04. The van der Waals surface area contributed by atoms with Crippen molar-refractivity contribution in [2.75, 3.05) is 5.32 Å². The van der Waals surface area contributed by atoms with Gasteiger partial charge in [-0.1, -0.05) is 18.2 Å². The van der Waals surface area contributed by atoms with Crippen LogP contribution in [0, 0.1) is 6.92 Å². The normalized spacial score (nSPS) is 10.7. The van der Waals surface area contributed by atoms with Crippen LogP contribution < -0.4 is 10.9 Å². The summed E-state index contributed by atoms with van der Waals surface area (Å²) >= 11 is 0. The zero-order valence-corrected chi connectivity index (χ0v) is 11.4.